The van der Waals surface area contributed by atoms with Gasteiger partial charge in [0.25, 0.3) is 0 Å². The Balaban J connectivity index is 2.02. The van der Waals surface area contributed by atoms with Crippen LogP contribution in [0.1, 0.15) is 25.5 Å². The van der Waals surface area contributed by atoms with Crippen molar-refractivity contribution in [3.05, 3.63) is 16.9 Å². The summed E-state index contributed by atoms with van der Waals surface area (Å²) in [5.41, 5.74) is 0.977. The predicted molar refractivity (Wildman–Crippen MR) is 67.9 cm³/mol. The molecule has 2 atom stereocenters. The van der Waals surface area contributed by atoms with Crippen LogP contribution >= 0.6 is 11.6 Å². The largest absolute Gasteiger partial charge is 0.395 e. The number of hydrogen-bond donors (Lipinski definition) is 1. The van der Waals surface area contributed by atoms with Crippen LogP contribution in [0.2, 0.25) is 5.15 Å². The number of halogens is 1. The summed E-state index contributed by atoms with van der Waals surface area (Å²) >= 11 is 5.97. The maximum absolute atomic E-state index is 9.42. The van der Waals surface area contributed by atoms with Gasteiger partial charge in [0.2, 0.25) is 0 Å². The van der Waals surface area contributed by atoms with Crippen molar-refractivity contribution in [1.29, 1.82) is 0 Å². The number of aromatic nitrogens is 2. The Morgan fingerprint density at radius 2 is 2.35 bits per heavy atom. The zero-order valence-electron chi connectivity index (χ0n) is 10.4. The first-order chi connectivity index (χ1) is 8.10. The number of nitrogens with zero attached hydrogens (tertiary/aromatic N) is 3. The topological polar surface area (TPSA) is 41.3 Å². The van der Waals surface area contributed by atoms with E-state index >= 15 is 0 Å². The summed E-state index contributed by atoms with van der Waals surface area (Å²) in [5.74, 6) is 0.704. The molecule has 2 rings (SSSR count). The summed E-state index contributed by atoms with van der Waals surface area (Å²) in [5, 5.41) is 14.4. The molecule has 1 aromatic rings. The van der Waals surface area contributed by atoms with Crippen molar-refractivity contribution in [1.82, 2.24) is 14.7 Å². The van der Waals surface area contributed by atoms with Gasteiger partial charge in [-0.25, -0.2) is 0 Å². The summed E-state index contributed by atoms with van der Waals surface area (Å²) in [6.07, 6.45) is 2.26. The van der Waals surface area contributed by atoms with Gasteiger partial charge in [-0.2, -0.15) is 5.10 Å². The molecule has 0 radical (unpaired) electrons. The van der Waals surface area contributed by atoms with Crippen LogP contribution in [0.4, 0.5) is 0 Å². The Morgan fingerprint density at radius 3 is 2.94 bits per heavy atom. The van der Waals surface area contributed by atoms with Crippen molar-refractivity contribution in [2.75, 3.05) is 13.2 Å². The fraction of sp³-hybridized carbons (Fsp3) is 0.750. The molecular formula is C12H20ClN3O. The molecule has 1 N–H and O–H groups in total. The fourth-order valence-electron chi connectivity index (χ4n) is 2.48. The molecule has 5 heteroatoms. The third kappa shape index (κ3) is 3.00. The number of piperidine rings is 1. The summed E-state index contributed by atoms with van der Waals surface area (Å²) < 4.78 is 1.68. The van der Waals surface area contributed by atoms with Crippen LogP contribution in [0.15, 0.2) is 6.07 Å². The maximum atomic E-state index is 9.42. The number of aliphatic hydroxyl groups excluding tert-OH is 1. The molecule has 0 amide bonds. The van der Waals surface area contributed by atoms with E-state index in [4.69, 9.17) is 11.6 Å². The quantitative estimate of drug-likeness (QED) is 0.896. The third-order valence-corrected chi connectivity index (χ3v) is 3.90. The molecule has 96 valence electrons. The van der Waals surface area contributed by atoms with Crippen molar-refractivity contribution in [3.8, 4) is 0 Å². The molecule has 0 aliphatic carbocycles. The lowest BCUT2D eigenvalue weighted by molar-refractivity contribution is 0.0623. The Kier molecular flexibility index (Phi) is 4.07. The molecule has 0 saturated carbocycles. The van der Waals surface area contributed by atoms with E-state index in [1.54, 1.807) is 4.68 Å². The maximum Gasteiger partial charge on any atom is 0.127 e. The first-order valence-electron chi connectivity index (χ1n) is 6.13. The number of rotatable bonds is 3. The molecule has 1 aliphatic heterocycles. The number of aliphatic hydroxyl groups is 1. The number of aryl methyl sites for hydroxylation is 1. The third-order valence-electron chi connectivity index (χ3n) is 3.55. The van der Waals surface area contributed by atoms with Crippen molar-refractivity contribution in [3.63, 3.8) is 0 Å². The van der Waals surface area contributed by atoms with Gasteiger partial charge in [0.1, 0.15) is 5.15 Å². The van der Waals surface area contributed by atoms with E-state index in [2.05, 4.69) is 16.9 Å². The molecule has 17 heavy (non-hydrogen) atoms. The monoisotopic (exact) mass is 257 g/mol. The van der Waals surface area contributed by atoms with Crippen LogP contribution in [-0.4, -0.2) is 39.0 Å². The predicted octanol–water partition coefficient (Wildman–Crippen LogP) is 1.67. The molecule has 0 spiro atoms. The Bertz CT molecular complexity index is 360. The van der Waals surface area contributed by atoms with E-state index < -0.39 is 0 Å². The zero-order valence-corrected chi connectivity index (χ0v) is 11.2. The zero-order chi connectivity index (χ0) is 12.4. The van der Waals surface area contributed by atoms with Gasteiger partial charge in [-0.15, -0.1) is 0 Å². The van der Waals surface area contributed by atoms with Gasteiger partial charge in [-0.3, -0.25) is 9.58 Å². The first kappa shape index (κ1) is 12.9. The molecule has 1 saturated heterocycles. The van der Waals surface area contributed by atoms with E-state index in [0.29, 0.717) is 11.1 Å². The lowest BCUT2D eigenvalue weighted by Gasteiger charge is -2.37. The molecule has 1 aliphatic rings. The molecule has 4 nitrogen and oxygen atoms in total. The van der Waals surface area contributed by atoms with Gasteiger partial charge in [0.15, 0.2) is 0 Å². The van der Waals surface area contributed by atoms with Crippen LogP contribution in [0.3, 0.4) is 0 Å². The van der Waals surface area contributed by atoms with Gasteiger partial charge >= 0.3 is 0 Å². The average Bonchev–Trinajstić information content (AvgIpc) is 2.60. The highest BCUT2D eigenvalue weighted by Gasteiger charge is 2.26. The Morgan fingerprint density at radius 1 is 1.59 bits per heavy atom. The molecule has 1 aromatic heterocycles. The van der Waals surface area contributed by atoms with E-state index in [-0.39, 0.29) is 12.6 Å². The van der Waals surface area contributed by atoms with Crippen molar-refractivity contribution < 1.29 is 5.11 Å². The van der Waals surface area contributed by atoms with Gasteiger partial charge in [-0.05, 0) is 31.4 Å². The van der Waals surface area contributed by atoms with E-state index in [1.807, 2.05) is 13.1 Å². The molecule has 0 bridgehead atoms. The molecule has 0 unspecified atom stereocenters. The second-order valence-electron chi connectivity index (χ2n) is 5.02. The van der Waals surface area contributed by atoms with Gasteiger partial charge in [0.05, 0.1) is 12.3 Å². The van der Waals surface area contributed by atoms with Gasteiger partial charge in [0, 0.05) is 19.6 Å². The van der Waals surface area contributed by atoms with E-state index in [1.165, 1.54) is 6.42 Å². The highest BCUT2D eigenvalue weighted by atomic mass is 35.5. The standard InChI is InChI=1S/C12H20ClN3O/c1-9-3-4-16(11(5-9)8-17)7-10-6-12(13)15(2)14-10/h6,9,11,17H,3-5,7-8H2,1-2H3/t9-,11+/m1/s1. The average molecular weight is 258 g/mol. The van der Waals surface area contributed by atoms with Crippen LogP contribution in [0.5, 0.6) is 0 Å². The smallest absolute Gasteiger partial charge is 0.127 e. The minimum atomic E-state index is 0.227. The van der Waals surface area contributed by atoms with Crippen LogP contribution in [-0.2, 0) is 13.6 Å². The number of likely N-dealkylation sites (tertiary alicyclic amines) is 1. The minimum absolute atomic E-state index is 0.227. The fourth-order valence-corrected chi connectivity index (χ4v) is 2.65. The molecular weight excluding hydrogens is 238 g/mol. The molecule has 2 heterocycles. The lowest BCUT2D eigenvalue weighted by Crippen LogP contribution is -2.43. The van der Waals surface area contributed by atoms with Crippen LogP contribution < -0.4 is 0 Å². The van der Waals surface area contributed by atoms with E-state index in [9.17, 15) is 5.11 Å². The first-order valence-corrected chi connectivity index (χ1v) is 6.51. The van der Waals surface area contributed by atoms with Gasteiger partial charge < -0.3 is 5.11 Å². The minimum Gasteiger partial charge on any atom is -0.395 e. The molecule has 1 fully saturated rings. The van der Waals surface area contributed by atoms with Crippen molar-refractivity contribution >= 4 is 11.6 Å². The van der Waals surface area contributed by atoms with Crippen LogP contribution in [0, 0.1) is 5.92 Å². The second kappa shape index (κ2) is 5.38. The Labute approximate surface area is 107 Å². The summed E-state index contributed by atoms with van der Waals surface area (Å²) in [6.45, 7) is 4.28. The normalized spacial score (nSPS) is 26.4. The summed E-state index contributed by atoms with van der Waals surface area (Å²) in [7, 11) is 1.84. The van der Waals surface area contributed by atoms with Crippen molar-refractivity contribution in [2.24, 2.45) is 13.0 Å². The van der Waals surface area contributed by atoms with Crippen molar-refractivity contribution in [2.45, 2.75) is 32.4 Å². The summed E-state index contributed by atoms with van der Waals surface area (Å²) in [6, 6.07) is 2.16. The second-order valence-corrected chi connectivity index (χ2v) is 5.41. The Hall–Kier alpha value is -0.580. The SMILES string of the molecule is C[C@@H]1CCN(Cc2cc(Cl)n(C)n2)[C@H](CO)C1. The van der Waals surface area contributed by atoms with Crippen LogP contribution in [0.25, 0.3) is 0 Å². The summed E-state index contributed by atoms with van der Waals surface area (Å²) in [4.78, 5) is 2.30. The van der Waals surface area contributed by atoms with E-state index in [0.717, 1.165) is 25.2 Å². The number of hydrogen-bond acceptors (Lipinski definition) is 3. The molecule has 0 aromatic carbocycles. The highest BCUT2D eigenvalue weighted by Crippen LogP contribution is 2.24. The lowest BCUT2D eigenvalue weighted by atomic mass is 9.93. The highest BCUT2D eigenvalue weighted by molar-refractivity contribution is 6.29. The van der Waals surface area contributed by atoms with Gasteiger partial charge in [-0.1, -0.05) is 18.5 Å².